The highest BCUT2D eigenvalue weighted by Crippen LogP contribution is 2.57. The summed E-state index contributed by atoms with van der Waals surface area (Å²) < 4.78 is 12.4. The summed E-state index contributed by atoms with van der Waals surface area (Å²) in [7, 11) is 0. The number of benzene rings is 1. The van der Waals surface area contributed by atoms with Gasteiger partial charge < -0.3 is 24.4 Å². The molecule has 1 unspecified atom stereocenters. The Hall–Kier alpha value is -2.97. The van der Waals surface area contributed by atoms with Crippen molar-refractivity contribution in [3.63, 3.8) is 0 Å². The number of amides is 2. The number of hydrogen-bond acceptors (Lipinski definition) is 6. The maximum atomic E-state index is 14.4. The fourth-order valence-electron chi connectivity index (χ4n) is 6.50. The number of nitrogens with zero attached hydrogens (tertiary/aromatic N) is 2. The van der Waals surface area contributed by atoms with Gasteiger partial charge in [-0.2, -0.15) is 0 Å². The van der Waals surface area contributed by atoms with E-state index in [4.69, 9.17) is 9.47 Å². The number of likely N-dealkylation sites (tertiary alicyclic amines) is 1. The number of fused-ring (bicyclic) bond motifs is 2. The third-order valence-corrected chi connectivity index (χ3v) is 8.21. The Bertz CT molecular complexity index is 1160. The minimum atomic E-state index is -1.33. The Balaban J connectivity index is 1.65. The molecule has 8 heteroatoms. The van der Waals surface area contributed by atoms with Crippen LogP contribution in [0.1, 0.15) is 43.7 Å². The van der Waals surface area contributed by atoms with Gasteiger partial charge in [-0.25, -0.2) is 0 Å². The minimum Gasteiger partial charge on any atom is -0.465 e. The first kappa shape index (κ1) is 25.7. The van der Waals surface area contributed by atoms with E-state index >= 15 is 0 Å². The maximum Gasteiger partial charge on any atom is 0.313 e. The van der Waals surface area contributed by atoms with Gasteiger partial charge in [-0.15, -0.1) is 0 Å². The van der Waals surface area contributed by atoms with Crippen molar-refractivity contribution in [2.45, 2.75) is 63.7 Å². The Morgan fingerprint density at radius 3 is 2.65 bits per heavy atom. The Labute approximate surface area is 217 Å². The number of esters is 1. The van der Waals surface area contributed by atoms with E-state index in [0.717, 1.165) is 36.1 Å². The number of carbonyl (C=O) groups excluding carboxylic acids is 3. The van der Waals surface area contributed by atoms with E-state index in [9.17, 15) is 19.5 Å². The zero-order chi connectivity index (χ0) is 26.4. The number of allylic oxidation sites excluding steroid dienone is 1. The largest absolute Gasteiger partial charge is 0.465 e. The lowest BCUT2D eigenvalue weighted by atomic mass is 9.74. The van der Waals surface area contributed by atoms with E-state index in [1.165, 1.54) is 4.90 Å². The van der Waals surface area contributed by atoms with Crippen LogP contribution in [0.5, 0.6) is 0 Å². The predicted octanol–water partition coefficient (Wildman–Crippen LogP) is 2.84. The van der Waals surface area contributed by atoms with Crippen LogP contribution in [0.15, 0.2) is 42.5 Å². The summed E-state index contributed by atoms with van der Waals surface area (Å²) in [5.74, 6) is -2.83. The fourth-order valence-corrected chi connectivity index (χ4v) is 6.50. The summed E-state index contributed by atoms with van der Waals surface area (Å²) >= 11 is 0. The lowest BCUT2D eigenvalue weighted by Crippen LogP contribution is -2.56. The topological polar surface area (TPSA) is 96.4 Å². The maximum absolute atomic E-state index is 14.4. The number of aliphatic hydroxyl groups excluding tert-OH is 1. The Morgan fingerprint density at radius 2 is 1.86 bits per heavy atom. The molecule has 0 aromatic heterocycles. The molecule has 5 rings (SSSR count). The lowest BCUT2D eigenvalue weighted by Gasteiger charge is -2.37. The SMILES string of the molecule is Cc1ccc(C)c(N2CC=C[C@]34O[C@@]5(C)/C=C\CCCCOC(=O)[C@H]5[C@H]3C(=O)N(CCCO)C4C2=O)c1. The minimum absolute atomic E-state index is 0.119. The first-order valence-electron chi connectivity index (χ1n) is 13.3. The third kappa shape index (κ3) is 4.10. The monoisotopic (exact) mass is 508 g/mol. The number of carbonyl (C=O) groups is 3. The number of anilines is 1. The Kier molecular flexibility index (Phi) is 6.75. The lowest BCUT2D eigenvalue weighted by molar-refractivity contribution is -0.158. The van der Waals surface area contributed by atoms with Gasteiger partial charge in [-0.3, -0.25) is 14.4 Å². The van der Waals surface area contributed by atoms with Gasteiger partial charge in [0.15, 0.2) is 0 Å². The van der Waals surface area contributed by atoms with Gasteiger partial charge in [0, 0.05) is 25.4 Å². The molecule has 2 saturated heterocycles. The molecule has 4 heterocycles. The van der Waals surface area contributed by atoms with Crippen molar-refractivity contribution >= 4 is 23.5 Å². The average Bonchev–Trinajstić information content (AvgIpc) is 3.19. The fraction of sp³-hybridized carbons (Fsp3) is 0.552. The van der Waals surface area contributed by atoms with Gasteiger partial charge >= 0.3 is 5.97 Å². The molecule has 1 N–H and O–H groups in total. The van der Waals surface area contributed by atoms with Crippen LogP contribution >= 0.6 is 0 Å². The quantitative estimate of drug-likeness (QED) is 0.496. The van der Waals surface area contributed by atoms with Gasteiger partial charge in [-0.1, -0.05) is 36.4 Å². The Morgan fingerprint density at radius 1 is 1.05 bits per heavy atom. The van der Waals surface area contributed by atoms with Gasteiger partial charge in [0.05, 0.1) is 18.1 Å². The highest BCUT2D eigenvalue weighted by molar-refractivity contribution is 6.06. The molecule has 4 aliphatic rings. The predicted molar refractivity (Wildman–Crippen MR) is 138 cm³/mol. The van der Waals surface area contributed by atoms with Crippen LogP contribution in [0.3, 0.4) is 0 Å². The number of cyclic esters (lactones) is 1. The zero-order valence-corrected chi connectivity index (χ0v) is 21.8. The van der Waals surface area contributed by atoms with Crippen molar-refractivity contribution in [1.29, 1.82) is 0 Å². The highest BCUT2D eigenvalue weighted by Gasteiger charge is 2.74. The standard InChI is InChI=1S/C29H36N2O6/c1-19-10-11-20(2)21(18-19)30-14-8-13-29-22(25(33)31(15-9-16-32)24(29)26(30)34)23-27(35)36-17-7-5-4-6-12-28(23,3)37-29/h6,8,10-13,18,22-24,32H,4-5,7,9,14-17H2,1-3H3/b12-6-/t22-,23+,24?,28-,29-/m0/s1. The molecule has 1 spiro atoms. The molecule has 0 bridgehead atoms. The molecule has 5 atom stereocenters. The van der Waals surface area contributed by atoms with Crippen molar-refractivity contribution in [2.24, 2.45) is 11.8 Å². The molecule has 2 amide bonds. The summed E-state index contributed by atoms with van der Waals surface area (Å²) in [6.45, 7) is 6.44. The second-order valence-corrected chi connectivity index (χ2v) is 10.8. The zero-order valence-electron chi connectivity index (χ0n) is 21.8. The number of ether oxygens (including phenoxy) is 2. The van der Waals surface area contributed by atoms with E-state index in [1.54, 1.807) is 4.90 Å². The molecular formula is C29H36N2O6. The summed E-state index contributed by atoms with van der Waals surface area (Å²) in [6.07, 6.45) is 10.4. The van der Waals surface area contributed by atoms with E-state index in [2.05, 4.69) is 0 Å². The van der Waals surface area contributed by atoms with Crippen molar-refractivity contribution in [3.05, 3.63) is 53.6 Å². The number of hydrogen-bond donors (Lipinski definition) is 1. The third-order valence-electron chi connectivity index (χ3n) is 8.21. The van der Waals surface area contributed by atoms with Crippen LogP contribution < -0.4 is 4.90 Å². The molecule has 1 aromatic rings. The second-order valence-electron chi connectivity index (χ2n) is 10.8. The number of rotatable bonds is 4. The smallest absolute Gasteiger partial charge is 0.313 e. The molecular weight excluding hydrogens is 472 g/mol. The molecule has 0 saturated carbocycles. The molecule has 37 heavy (non-hydrogen) atoms. The first-order valence-corrected chi connectivity index (χ1v) is 13.3. The molecule has 8 nitrogen and oxygen atoms in total. The molecule has 198 valence electrons. The van der Waals surface area contributed by atoms with E-state index < -0.39 is 35.0 Å². The van der Waals surface area contributed by atoms with Crippen molar-refractivity contribution in [3.8, 4) is 0 Å². The summed E-state index contributed by atoms with van der Waals surface area (Å²) in [5.41, 5.74) is 0.331. The molecule has 2 fully saturated rings. The van der Waals surface area contributed by atoms with E-state index in [1.807, 2.05) is 63.3 Å². The summed E-state index contributed by atoms with van der Waals surface area (Å²) in [4.78, 5) is 45.2. The molecule has 0 aliphatic carbocycles. The van der Waals surface area contributed by atoms with Crippen LogP contribution in [0.25, 0.3) is 0 Å². The van der Waals surface area contributed by atoms with Crippen molar-refractivity contribution in [1.82, 2.24) is 4.90 Å². The number of aliphatic hydroxyl groups is 1. The average molecular weight is 509 g/mol. The van der Waals surface area contributed by atoms with E-state index in [-0.39, 0.29) is 25.0 Å². The number of aryl methyl sites for hydroxylation is 2. The van der Waals surface area contributed by atoms with Gasteiger partial charge in [0.2, 0.25) is 5.91 Å². The van der Waals surface area contributed by atoms with Crippen LogP contribution in [-0.2, 0) is 23.9 Å². The first-order chi connectivity index (χ1) is 17.7. The van der Waals surface area contributed by atoms with Gasteiger partial charge in [0.25, 0.3) is 5.91 Å². The molecule has 0 radical (unpaired) electrons. The molecule has 1 aromatic carbocycles. The van der Waals surface area contributed by atoms with Crippen molar-refractivity contribution in [2.75, 3.05) is 31.2 Å². The van der Waals surface area contributed by atoms with Crippen LogP contribution in [0, 0.1) is 25.7 Å². The van der Waals surface area contributed by atoms with Crippen LogP contribution in [0.4, 0.5) is 5.69 Å². The van der Waals surface area contributed by atoms with Crippen molar-refractivity contribution < 1.29 is 29.0 Å². The van der Waals surface area contributed by atoms with E-state index in [0.29, 0.717) is 19.6 Å². The van der Waals surface area contributed by atoms with Crippen LogP contribution in [-0.4, -0.2) is 71.3 Å². The molecule has 4 aliphatic heterocycles. The second kappa shape index (κ2) is 9.72. The summed E-state index contributed by atoms with van der Waals surface area (Å²) in [5, 5.41) is 9.56. The highest BCUT2D eigenvalue weighted by atomic mass is 16.6. The normalized spacial score (nSPS) is 34.5. The van der Waals surface area contributed by atoms with Gasteiger partial charge in [-0.05, 0) is 63.6 Å². The summed E-state index contributed by atoms with van der Waals surface area (Å²) in [6, 6.07) is 4.99. The van der Waals surface area contributed by atoms with Gasteiger partial charge in [0.1, 0.15) is 17.6 Å². The van der Waals surface area contributed by atoms with Crippen LogP contribution in [0.2, 0.25) is 0 Å².